The highest BCUT2D eigenvalue weighted by atomic mass is 32.1. The van der Waals surface area contributed by atoms with E-state index in [0.29, 0.717) is 5.92 Å². The summed E-state index contributed by atoms with van der Waals surface area (Å²) >= 11 is 1.72. The number of aryl methyl sites for hydroxylation is 1. The molecular formula is C18H20N6S. The van der Waals surface area contributed by atoms with Crippen molar-refractivity contribution in [2.75, 3.05) is 24.5 Å². The van der Waals surface area contributed by atoms with Crippen LogP contribution in [-0.4, -0.2) is 39.8 Å². The van der Waals surface area contributed by atoms with Crippen LogP contribution in [0.4, 0.5) is 5.82 Å². The minimum absolute atomic E-state index is 0.662. The largest absolute Gasteiger partial charge is 0.354 e. The minimum atomic E-state index is 0.662. The van der Waals surface area contributed by atoms with Crippen molar-refractivity contribution in [3.63, 3.8) is 0 Å². The van der Waals surface area contributed by atoms with Crippen molar-refractivity contribution in [2.24, 2.45) is 5.92 Å². The number of rotatable bonds is 6. The lowest BCUT2D eigenvalue weighted by molar-refractivity contribution is 0.382. The summed E-state index contributed by atoms with van der Waals surface area (Å²) in [4.78, 5) is 11.9. The maximum atomic E-state index is 4.37. The molecule has 0 amide bonds. The number of anilines is 1. The van der Waals surface area contributed by atoms with Crippen molar-refractivity contribution in [3.8, 4) is 11.3 Å². The molecule has 7 heteroatoms. The predicted molar refractivity (Wildman–Crippen MR) is 99.5 cm³/mol. The van der Waals surface area contributed by atoms with Crippen molar-refractivity contribution >= 4 is 17.2 Å². The molecule has 0 aliphatic carbocycles. The number of thiazole rings is 1. The maximum absolute atomic E-state index is 4.37. The van der Waals surface area contributed by atoms with E-state index in [4.69, 9.17) is 0 Å². The highest BCUT2D eigenvalue weighted by Crippen LogP contribution is 2.24. The first-order valence-corrected chi connectivity index (χ1v) is 9.26. The molecule has 1 fully saturated rings. The fourth-order valence-corrected chi connectivity index (χ4v) is 3.69. The molecule has 4 rings (SSSR count). The first-order chi connectivity index (χ1) is 12.3. The van der Waals surface area contributed by atoms with Gasteiger partial charge in [-0.3, -0.25) is 4.98 Å². The molecule has 1 N–H and O–H groups in total. The van der Waals surface area contributed by atoms with Gasteiger partial charge >= 0.3 is 0 Å². The molecule has 4 heterocycles. The average molecular weight is 352 g/mol. The molecule has 128 valence electrons. The molecule has 3 aromatic rings. The summed E-state index contributed by atoms with van der Waals surface area (Å²) in [7, 11) is 0. The van der Waals surface area contributed by atoms with Crippen molar-refractivity contribution in [3.05, 3.63) is 52.7 Å². The van der Waals surface area contributed by atoms with E-state index in [2.05, 4.69) is 37.3 Å². The molecule has 1 aliphatic heterocycles. The van der Waals surface area contributed by atoms with E-state index in [1.54, 1.807) is 23.7 Å². The number of aromatic nitrogens is 4. The van der Waals surface area contributed by atoms with Crippen LogP contribution in [0.25, 0.3) is 11.3 Å². The highest BCUT2D eigenvalue weighted by molar-refractivity contribution is 7.09. The third kappa shape index (κ3) is 3.67. The smallest absolute Gasteiger partial charge is 0.151 e. The minimum Gasteiger partial charge on any atom is -0.354 e. The first-order valence-electron chi connectivity index (χ1n) is 8.38. The van der Waals surface area contributed by atoms with E-state index in [9.17, 15) is 0 Å². The Kier molecular flexibility index (Phi) is 4.67. The summed E-state index contributed by atoms with van der Waals surface area (Å²) in [6.45, 7) is 6.05. The molecule has 1 saturated heterocycles. The second kappa shape index (κ2) is 7.25. The Morgan fingerprint density at radius 3 is 2.68 bits per heavy atom. The topological polar surface area (TPSA) is 66.8 Å². The van der Waals surface area contributed by atoms with Gasteiger partial charge in [-0.25, -0.2) is 4.98 Å². The van der Waals surface area contributed by atoms with Crippen LogP contribution >= 0.6 is 11.3 Å². The maximum Gasteiger partial charge on any atom is 0.151 e. The molecule has 1 aliphatic rings. The molecule has 6 nitrogen and oxygen atoms in total. The zero-order valence-electron chi connectivity index (χ0n) is 14.1. The van der Waals surface area contributed by atoms with Gasteiger partial charge in [-0.15, -0.1) is 21.5 Å². The van der Waals surface area contributed by atoms with E-state index in [1.165, 1.54) is 4.88 Å². The van der Waals surface area contributed by atoms with Crippen LogP contribution in [0.15, 0.2) is 42.2 Å². The molecule has 0 spiro atoms. The standard InChI is InChI=1S/C18H20N6S/c1-13-17(25-12-21-13)9-20-8-14-10-24(11-14)18-3-2-16(22-23-18)15-4-6-19-7-5-15/h2-7,12,14,20H,8-11H2,1H3. The van der Waals surface area contributed by atoms with Crippen LogP contribution in [0.2, 0.25) is 0 Å². The summed E-state index contributed by atoms with van der Waals surface area (Å²) in [5.41, 5.74) is 4.96. The second-order valence-corrected chi connectivity index (χ2v) is 7.21. The monoisotopic (exact) mass is 352 g/mol. The SMILES string of the molecule is Cc1ncsc1CNCC1CN(c2ccc(-c3ccncc3)nn2)C1. The van der Waals surface area contributed by atoms with E-state index in [1.807, 2.05) is 29.8 Å². The second-order valence-electron chi connectivity index (χ2n) is 6.28. The van der Waals surface area contributed by atoms with Crippen molar-refractivity contribution in [1.29, 1.82) is 0 Å². The third-order valence-corrected chi connectivity index (χ3v) is 5.41. The zero-order chi connectivity index (χ0) is 17.1. The first kappa shape index (κ1) is 16.1. The molecule has 0 radical (unpaired) electrons. The van der Waals surface area contributed by atoms with Gasteiger partial charge in [-0.05, 0) is 31.2 Å². The van der Waals surface area contributed by atoms with Crippen LogP contribution in [0, 0.1) is 12.8 Å². The fraction of sp³-hybridized carbons (Fsp3) is 0.333. The van der Waals surface area contributed by atoms with Gasteiger partial charge in [0.25, 0.3) is 0 Å². The van der Waals surface area contributed by atoms with Gasteiger partial charge in [-0.2, -0.15) is 0 Å². The zero-order valence-corrected chi connectivity index (χ0v) is 14.9. The molecular weight excluding hydrogens is 332 g/mol. The third-order valence-electron chi connectivity index (χ3n) is 4.47. The van der Waals surface area contributed by atoms with Crippen molar-refractivity contribution < 1.29 is 0 Å². The van der Waals surface area contributed by atoms with Crippen LogP contribution < -0.4 is 10.2 Å². The van der Waals surface area contributed by atoms with Crippen LogP contribution in [0.3, 0.4) is 0 Å². The molecule has 0 unspecified atom stereocenters. The van der Waals surface area contributed by atoms with E-state index in [0.717, 1.165) is 48.9 Å². The molecule has 0 aromatic carbocycles. The molecule has 0 bridgehead atoms. The summed E-state index contributed by atoms with van der Waals surface area (Å²) in [6, 6.07) is 7.96. The summed E-state index contributed by atoms with van der Waals surface area (Å²) in [5.74, 6) is 1.61. The Morgan fingerprint density at radius 1 is 1.16 bits per heavy atom. The lowest BCUT2D eigenvalue weighted by Crippen LogP contribution is -2.51. The lowest BCUT2D eigenvalue weighted by atomic mass is 10.0. The number of pyridine rings is 1. The van der Waals surface area contributed by atoms with Crippen molar-refractivity contribution in [2.45, 2.75) is 13.5 Å². The van der Waals surface area contributed by atoms with Gasteiger partial charge in [0.2, 0.25) is 0 Å². The predicted octanol–water partition coefficient (Wildman–Crippen LogP) is 2.53. The Balaban J connectivity index is 1.25. The summed E-state index contributed by atoms with van der Waals surface area (Å²) < 4.78 is 0. The van der Waals surface area contributed by atoms with Crippen LogP contribution in [0.5, 0.6) is 0 Å². The number of hydrogen-bond donors (Lipinski definition) is 1. The Hall–Kier alpha value is -2.38. The average Bonchev–Trinajstić information content (AvgIpc) is 3.03. The number of nitrogens with one attached hydrogen (secondary N) is 1. The van der Waals surface area contributed by atoms with E-state index >= 15 is 0 Å². The van der Waals surface area contributed by atoms with Gasteiger partial charge in [-0.1, -0.05) is 0 Å². The van der Waals surface area contributed by atoms with Crippen molar-refractivity contribution in [1.82, 2.24) is 25.5 Å². The van der Waals surface area contributed by atoms with Gasteiger partial charge < -0.3 is 10.2 Å². The molecule has 0 atom stereocenters. The van der Waals surface area contributed by atoms with E-state index < -0.39 is 0 Å². The van der Waals surface area contributed by atoms with Crippen LogP contribution in [-0.2, 0) is 6.54 Å². The Bertz CT molecular complexity index is 811. The van der Waals surface area contributed by atoms with Gasteiger partial charge in [0.15, 0.2) is 5.82 Å². The lowest BCUT2D eigenvalue weighted by Gasteiger charge is -2.40. The normalized spacial score (nSPS) is 14.5. The molecule has 25 heavy (non-hydrogen) atoms. The fourth-order valence-electron chi connectivity index (χ4n) is 2.94. The summed E-state index contributed by atoms with van der Waals surface area (Å²) in [5, 5.41) is 12.2. The Labute approximate surface area is 151 Å². The summed E-state index contributed by atoms with van der Waals surface area (Å²) in [6.07, 6.45) is 3.54. The van der Waals surface area contributed by atoms with Crippen LogP contribution in [0.1, 0.15) is 10.6 Å². The van der Waals surface area contributed by atoms with E-state index in [-0.39, 0.29) is 0 Å². The van der Waals surface area contributed by atoms with Gasteiger partial charge in [0, 0.05) is 54.9 Å². The number of nitrogens with zero attached hydrogens (tertiary/aromatic N) is 5. The Morgan fingerprint density at radius 2 is 2.00 bits per heavy atom. The van der Waals surface area contributed by atoms with Gasteiger partial charge in [0.05, 0.1) is 16.9 Å². The highest BCUT2D eigenvalue weighted by Gasteiger charge is 2.27. The van der Waals surface area contributed by atoms with Gasteiger partial charge in [0.1, 0.15) is 0 Å². The number of hydrogen-bond acceptors (Lipinski definition) is 7. The molecule has 0 saturated carbocycles. The quantitative estimate of drug-likeness (QED) is 0.735. The molecule has 3 aromatic heterocycles.